The third-order valence-electron chi connectivity index (χ3n) is 9.95. The lowest BCUT2D eigenvalue weighted by Crippen LogP contribution is -2.64. The third kappa shape index (κ3) is 6.71. The Morgan fingerprint density at radius 2 is 1.65 bits per heavy atom. The monoisotopic (exact) mass is 624 g/mol. The summed E-state index contributed by atoms with van der Waals surface area (Å²) in [7, 11) is 0. The molecule has 0 radical (unpaired) electrons. The number of benzene rings is 2. The average Bonchev–Trinajstić information content (AvgIpc) is 3.33. The maximum Gasteiger partial charge on any atom is 0.245 e. The van der Waals surface area contributed by atoms with Crippen LogP contribution in [-0.2, 0) is 32.0 Å². The summed E-state index contributed by atoms with van der Waals surface area (Å²) in [5.41, 5.74) is 4.68. The summed E-state index contributed by atoms with van der Waals surface area (Å²) < 4.78 is 1.90. The van der Waals surface area contributed by atoms with Crippen LogP contribution >= 0.6 is 0 Å². The van der Waals surface area contributed by atoms with Crippen LogP contribution in [0.3, 0.4) is 0 Å². The highest BCUT2D eigenvalue weighted by molar-refractivity contribution is 5.92. The highest BCUT2D eigenvalue weighted by atomic mass is 16.2. The van der Waals surface area contributed by atoms with E-state index in [1.807, 2.05) is 89.0 Å². The molecule has 0 saturated carbocycles. The van der Waals surface area contributed by atoms with E-state index >= 15 is 0 Å². The molecule has 0 aliphatic carbocycles. The molecule has 0 unspecified atom stereocenters. The first-order valence-corrected chi connectivity index (χ1v) is 16.5. The van der Waals surface area contributed by atoms with Gasteiger partial charge in [0.15, 0.2) is 0 Å². The fraction of sp³-hybridized carbons (Fsp3) is 0.472. The van der Waals surface area contributed by atoms with E-state index in [2.05, 4.69) is 10.6 Å². The summed E-state index contributed by atoms with van der Waals surface area (Å²) in [5, 5.41) is 10.5. The number of piperidine rings is 2. The van der Waals surface area contributed by atoms with Gasteiger partial charge < -0.3 is 20.4 Å². The molecule has 2 aromatic carbocycles. The van der Waals surface area contributed by atoms with E-state index in [4.69, 9.17) is 5.10 Å². The molecule has 1 aromatic heterocycles. The van der Waals surface area contributed by atoms with Gasteiger partial charge in [-0.3, -0.25) is 19.2 Å². The van der Waals surface area contributed by atoms with Gasteiger partial charge in [-0.25, -0.2) is 4.68 Å². The van der Waals surface area contributed by atoms with Gasteiger partial charge in [0.1, 0.15) is 12.1 Å². The average molecular weight is 625 g/mol. The molecule has 3 saturated heterocycles. The first-order valence-electron chi connectivity index (χ1n) is 16.5. The molecule has 242 valence electrons. The molecule has 3 aromatic rings. The number of hydrogen-bond donors (Lipinski definition) is 2. The van der Waals surface area contributed by atoms with Crippen molar-refractivity contribution in [2.75, 3.05) is 19.6 Å². The molecule has 6 rings (SSSR count). The van der Waals surface area contributed by atoms with Crippen LogP contribution in [-0.4, -0.2) is 81.0 Å². The van der Waals surface area contributed by atoms with Crippen LogP contribution in [0, 0.1) is 25.7 Å². The van der Waals surface area contributed by atoms with Crippen molar-refractivity contribution in [1.29, 1.82) is 0 Å². The highest BCUT2D eigenvalue weighted by Gasteiger charge is 2.45. The number of nitrogens with one attached hydrogen (secondary N) is 2. The van der Waals surface area contributed by atoms with Crippen molar-refractivity contribution in [3.8, 4) is 5.69 Å². The standard InChI is InChI=1S/C36H44N6O4/c1-23-30(25(3)42(39-23)29-13-8-5-9-14-29)19-34(44)40-20-27-17-28(22-40)32-15-10-16-33(43)37-24(2)35(45)38-31(36(46)41(32)21-27)18-26-11-6-4-7-12-26/h4-9,11-14,24,27-28,31-32H,10,15-22H2,1-3H3,(H,37,43)(H,38,45)/t24-,27+,28-,31+,32+/m1/s1. The summed E-state index contributed by atoms with van der Waals surface area (Å²) in [5.74, 6) is -0.320. The fourth-order valence-corrected chi connectivity index (χ4v) is 7.59. The lowest BCUT2D eigenvalue weighted by atomic mass is 9.77. The van der Waals surface area contributed by atoms with E-state index < -0.39 is 12.1 Å². The van der Waals surface area contributed by atoms with E-state index in [1.165, 1.54) is 0 Å². The molecular formula is C36H44N6O4. The molecule has 4 heterocycles. The van der Waals surface area contributed by atoms with E-state index in [-0.39, 0.29) is 54.3 Å². The van der Waals surface area contributed by atoms with Crippen molar-refractivity contribution in [3.63, 3.8) is 0 Å². The SMILES string of the molecule is Cc1nn(-c2ccccc2)c(C)c1CC(=O)N1C[C@@H]2C[C@H](C1)[C@@H]1CCCC(=O)N[C@H](C)C(=O)N[C@@H](Cc3ccccc3)C(=O)N1C2. The molecule has 3 aliphatic rings. The lowest BCUT2D eigenvalue weighted by Gasteiger charge is -2.51. The Bertz CT molecular complexity index is 1590. The van der Waals surface area contributed by atoms with Gasteiger partial charge >= 0.3 is 0 Å². The molecule has 3 fully saturated rings. The number of aromatic nitrogens is 2. The second-order valence-corrected chi connectivity index (χ2v) is 13.2. The molecule has 0 spiro atoms. The quantitative estimate of drug-likeness (QED) is 0.453. The minimum absolute atomic E-state index is 0.0732. The summed E-state index contributed by atoms with van der Waals surface area (Å²) >= 11 is 0. The number of aryl methyl sites for hydroxylation is 1. The number of fused-ring (bicyclic) bond motifs is 4. The lowest BCUT2D eigenvalue weighted by molar-refractivity contribution is -0.148. The van der Waals surface area contributed by atoms with Crippen molar-refractivity contribution >= 4 is 23.6 Å². The fourth-order valence-electron chi connectivity index (χ4n) is 7.59. The highest BCUT2D eigenvalue weighted by Crippen LogP contribution is 2.36. The molecule has 3 aliphatic heterocycles. The van der Waals surface area contributed by atoms with Crippen LogP contribution in [0.2, 0.25) is 0 Å². The van der Waals surface area contributed by atoms with Gasteiger partial charge in [-0.05, 0) is 69.6 Å². The minimum Gasteiger partial charge on any atom is -0.345 e. The number of rotatable bonds is 5. The van der Waals surface area contributed by atoms with Crippen LogP contribution in [0.25, 0.3) is 5.69 Å². The zero-order chi connectivity index (χ0) is 32.4. The summed E-state index contributed by atoms with van der Waals surface area (Å²) in [6.45, 7) is 7.29. The zero-order valence-electron chi connectivity index (χ0n) is 26.9. The number of likely N-dealkylation sites (tertiary alicyclic amines) is 1. The van der Waals surface area contributed by atoms with E-state index in [0.717, 1.165) is 34.6 Å². The first-order chi connectivity index (χ1) is 22.2. The topological polar surface area (TPSA) is 117 Å². The maximum absolute atomic E-state index is 14.3. The Hall–Kier alpha value is -4.47. The largest absolute Gasteiger partial charge is 0.345 e. The molecular weight excluding hydrogens is 580 g/mol. The summed E-state index contributed by atoms with van der Waals surface area (Å²) in [6, 6.07) is 18.0. The number of carbonyl (C=O) groups is 4. The normalized spacial score (nSPS) is 25.5. The van der Waals surface area contributed by atoms with Gasteiger partial charge in [0.2, 0.25) is 23.6 Å². The molecule has 2 bridgehead atoms. The van der Waals surface area contributed by atoms with Gasteiger partial charge in [-0.1, -0.05) is 48.5 Å². The predicted octanol–water partition coefficient (Wildman–Crippen LogP) is 3.12. The van der Waals surface area contributed by atoms with E-state index in [0.29, 0.717) is 38.9 Å². The number of para-hydroxylation sites is 1. The van der Waals surface area contributed by atoms with Crippen LogP contribution in [0.1, 0.15) is 55.1 Å². The van der Waals surface area contributed by atoms with Gasteiger partial charge in [-0.15, -0.1) is 0 Å². The predicted molar refractivity (Wildman–Crippen MR) is 174 cm³/mol. The van der Waals surface area contributed by atoms with Crippen molar-refractivity contribution in [3.05, 3.63) is 83.2 Å². The van der Waals surface area contributed by atoms with Crippen LogP contribution in [0.5, 0.6) is 0 Å². The minimum atomic E-state index is -0.750. The number of carbonyl (C=O) groups excluding carboxylic acids is 4. The molecule has 2 N–H and O–H groups in total. The van der Waals surface area contributed by atoms with Gasteiger partial charge in [0.05, 0.1) is 17.8 Å². The number of hydrogen-bond acceptors (Lipinski definition) is 5. The summed E-state index contributed by atoms with van der Waals surface area (Å²) in [4.78, 5) is 58.0. The van der Waals surface area contributed by atoms with Crippen LogP contribution in [0.4, 0.5) is 0 Å². The zero-order valence-corrected chi connectivity index (χ0v) is 26.9. The van der Waals surface area contributed by atoms with E-state index in [1.54, 1.807) is 6.92 Å². The molecule has 10 nitrogen and oxygen atoms in total. The van der Waals surface area contributed by atoms with Crippen molar-refractivity contribution in [2.24, 2.45) is 11.8 Å². The Morgan fingerprint density at radius 3 is 2.39 bits per heavy atom. The van der Waals surface area contributed by atoms with Gasteiger partial charge in [0.25, 0.3) is 0 Å². The second kappa shape index (κ2) is 13.5. The second-order valence-electron chi connectivity index (χ2n) is 13.2. The Labute approximate surface area is 270 Å². The van der Waals surface area contributed by atoms with Gasteiger partial charge in [-0.2, -0.15) is 5.10 Å². The van der Waals surface area contributed by atoms with Crippen LogP contribution < -0.4 is 10.6 Å². The first kappa shape index (κ1) is 31.5. The van der Waals surface area contributed by atoms with Gasteiger partial charge in [0, 0.05) is 49.8 Å². The Morgan fingerprint density at radius 1 is 0.935 bits per heavy atom. The summed E-state index contributed by atoms with van der Waals surface area (Å²) in [6.07, 6.45) is 3.13. The maximum atomic E-state index is 14.3. The third-order valence-corrected chi connectivity index (χ3v) is 9.95. The smallest absolute Gasteiger partial charge is 0.245 e. The molecule has 46 heavy (non-hydrogen) atoms. The van der Waals surface area contributed by atoms with Crippen LogP contribution in [0.15, 0.2) is 60.7 Å². The van der Waals surface area contributed by atoms with Crippen molar-refractivity contribution in [2.45, 2.75) is 77.4 Å². The Kier molecular flexibility index (Phi) is 9.24. The van der Waals surface area contributed by atoms with E-state index in [9.17, 15) is 19.2 Å². The van der Waals surface area contributed by atoms with Crippen molar-refractivity contribution < 1.29 is 19.2 Å². The van der Waals surface area contributed by atoms with Crippen molar-refractivity contribution in [1.82, 2.24) is 30.2 Å². The molecule has 10 heteroatoms. The Balaban J connectivity index is 1.22. The molecule has 5 atom stereocenters. The number of nitrogens with zero attached hydrogens (tertiary/aromatic N) is 4. The molecule has 4 amide bonds. The number of amides is 4.